The van der Waals surface area contributed by atoms with Crippen LogP contribution < -0.4 is 0 Å². The molecule has 0 spiro atoms. The topological polar surface area (TPSA) is 76.8 Å². The maximum Gasteiger partial charge on any atom is 0.449 e. The van der Waals surface area contributed by atoms with Gasteiger partial charge in [-0.3, -0.25) is 14.4 Å². The minimum Gasteiger partial charge on any atom is -0.466 e. The lowest BCUT2D eigenvalue weighted by molar-refractivity contribution is -0.153. The van der Waals surface area contributed by atoms with Crippen molar-refractivity contribution in [3.8, 4) is 0 Å². The molecule has 0 radical (unpaired) electrons. The van der Waals surface area contributed by atoms with Crippen LogP contribution in [-0.2, 0) is 20.5 Å². The van der Waals surface area contributed by atoms with Crippen molar-refractivity contribution in [1.82, 2.24) is 4.90 Å². The Labute approximate surface area is 185 Å². The van der Waals surface area contributed by atoms with Gasteiger partial charge in [-0.15, -0.1) is 0 Å². The Hall–Kier alpha value is -2.58. The molecule has 1 aromatic rings. The van der Waals surface area contributed by atoms with Crippen LogP contribution in [0, 0.1) is 5.41 Å². The highest BCUT2D eigenvalue weighted by Gasteiger charge is 2.43. The molecule has 0 N–H and O–H groups in total. The van der Waals surface area contributed by atoms with Gasteiger partial charge >= 0.3 is 12.1 Å². The Bertz CT molecular complexity index is 841. The predicted octanol–water partition coefficient (Wildman–Crippen LogP) is 5.18. The highest BCUT2D eigenvalue weighted by molar-refractivity contribution is 6.02. The van der Waals surface area contributed by atoms with Gasteiger partial charge in [-0.25, -0.2) is 0 Å². The van der Waals surface area contributed by atoms with Crippen LogP contribution in [0.25, 0.3) is 0 Å². The van der Waals surface area contributed by atoms with Crippen LogP contribution in [0.4, 0.5) is 13.2 Å². The zero-order chi connectivity index (χ0) is 23.9. The number of carbonyl (C=O) groups excluding carboxylic acids is 3. The lowest BCUT2D eigenvalue weighted by Crippen LogP contribution is -2.35. The lowest BCUT2D eigenvalue weighted by Gasteiger charge is -2.23. The van der Waals surface area contributed by atoms with Gasteiger partial charge in [0.15, 0.2) is 5.76 Å². The van der Waals surface area contributed by atoms with E-state index in [2.05, 4.69) is 4.42 Å². The van der Waals surface area contributed by atoms with Gasteiger partial charge in [0, 0.05) is 18.4 Å². The maximum absolute atomic E-state index is 12.7. The van der Waals surface area contributed by atoms with E-state index in [1.807, 2.05) is 13.8 Å². The fraction of sp³-hybridized carbons (Fsp3) is 0.609. The maximum atomic E-state index is 12.7. The first-order chi connectivity index (χ1) is 15.0. The van der Waals surface area contributed by atoms with Gasteiger partial charge in [-0.2, -0.15) is 13.2 Å². The van der Waals surface area contributed by atoms with Gasteiger partial charge in [0.25, 0.3) is 0 Å². The van der Waals surface area contributed by atoms with Gasteiger partial charge in [0.05, 0.1) is 12.6 Å². The standard InChI is InChI=1S/C23H30F3NO5/c1-4-31-20(29)9-7-5-6-8-14-27-16(15-22(2,3)21(27)30)10-11-17(28)18-12-13-19(32-18)23(24,25)26/h10-13,16H,4-9,14-15H2,1-3H3/b11-10+. The van der Waals surface area contributed by atoms with Gasteiger partial charge in [-0.05, 0) is 44.4 Å². The first kappa shape index (κ1) is 25.7. The average molecular weight is 457 g/mol. The van der Waals surface area contributed by atoms with Crippen molar-refractivity contribution < 1.29 is 36.7 Å². The normalized spacial score (nSPS) is 18.5. The fourth-order valence-electron chi connectivity index (χ4n) is 3.74. The summed E-state index contributed by atoms with van der Waals surface area (Å²) in [5.41, 5.74) is -0.587. The number of unbranched alkanes of at least 4 members (excludes halogenated alkanes) is 3. The van der Waals surface area contributed by atoms with Crippen LogP contribution in [0.15, 0.2) is 28.7 Å². The van der Waals surface area contributed by atoms with E-state index in [9.17, 15) is 27.6 Å². The summed E-state index contributed by atoms with van der Waals surface area (Å²) in [6.45, 7) is 6.30. The number of likely N-dealkylation sites (tertiary alicyclic amines) is 1. The zero-order valence-electron chi connectivity index (χ0n) is 18.7. The third kappa shape index (κ3) is 6.97. The molecule has 1 aromatic heterocycles. The Balaban J connectivity index is 1.91. The highest BCUT2D eigenvalue weighted by Crippen LogP contribution is 2.36. The minimum absolute atomic E-state index is 0.0246. The molecule has 178 valence electrons. The van der Waals surface area contributed by atoms with Crippen LogP contribution in [0.3, 0.4) is 0 Å². The smallest absolute Gasteiger partial charge is 0.449 e. The second-order valence-electron chi connectivity index (χ2n) is 8.51. The summed E-state index contributed by atoms with van der Waals surface area (Å²) in [6, 6.07) is 1.39. The lowest BCUT2D eigenvalue weighted by atomic mass is 9.90. The predicted molar refractivity (Wildman–Crippen MR) is 111 cm³/mol. The number of rotatable bonds is 11. The number of esters is 1. The molecule has 1 saturated heterocycles. The third-order valence-corrected chi connectivity index (χ3v) is 5.39. The summed E-state index contributed by atoms with van der Waals surface area (Å²) < 4.78 is 47.5. The largest absolute Gasteiger partial charge is 0.466 e. The molecule has 1 atom stereocenters. The second kappa shape index (κ2) is 10.8. The van der Waals surface area contributed by atoms with Crippen LogP contribution in [-0.4, -0.2) is 41.8 Å². The highest BCUT2D eigenvalue weighted by atomic mass is 19.4. The van der Waals surface area contributed by atoms with Crippen LogP contribution >= 0.6 is 0 Å². The van der Waals surface area contributed by atoms with E-state index in [1.165, 1.54) is 6.08 Å². The molecule has 0 saturated carbocycles. The first-order valence-corrected chi connectivity index (χ1v) is 10.8. The van der Waals surface area contributed by atoms with Crippen LogP contribution in [0.1, 0.15) is 75.6 Å². The van der Waals surface area contributed by atoms with Crippen molar-refractivity contribution in [2.75, 3.05) is 13.2 Å². The quantitative estimate of drug-likeness (QED) is 0.198. The molecule has 0 aromatic carbocycles. The molecule has 9 heteroatoms. The van der Waals surface area contributed by atoms with E-state index in [4.69, 9.17) is 4.74 Å². The van der Waals surface area contributed by atoms with E-state index >= 15 is 0 Å². The summed E-state index contributed by atoms with van der Waals surface area (Å²) in [5.74, 6) is -2.54. The molecule has 1 amide bonds. The van der Waals surface area contributed by atoms with Gasteiger partial charge < -0.3 is 14.1 Å². The number of carbonyl (C=O) groups is 3. The SMILES string of the molecule is CCOC(=O)CCCCCCN1C(=O)C(C)(C)CC1/C=C/C(=O)c1ccc(C(F)(F)F)o1. The molecular formula is C23H30F3NO5. The first-order valence-electron chi connectivity index (χ1n) is 10.8. The summed E-state index contributed by atoms with van der Waals surface area (Å²) in [4.78, 5) is 38.0. The number of hydrogen-bond acceptors (Lipinski definition) is 5. The fourth-order valence-corrected chi connectivity index (χ4v) is 3.74. The summed E-state index contributed by atoms with van der Waals surface area (Å²) in [6.07, 6.45) is 2.10. The van der Waals surface area contributed by atoms with E-state index in [0.717, 1.165) is 37.8 Å². The molecule has 2 heterocycles. The van der Waals surface area contributed by atoms with Gasteiger partial charge in [0.2, 0.25) is 17.5 Å². The number of hydrogen-bond donors (Lipinski definition) is 0. The van der Waals surface area contributed by atoms with Gasteiger partial charge in [0.1, 0.15) is 0 Å². The molecular weight excluding hydrogens is 427 g/mol. The van der Waals surface area contributed by atoms with Crippen molar-refractivity contribution in [3.63, 3.8) is 0 Å². The Kier molecular flexibility index (Phi) is 8.69. The summed E-state index contributed by atoms with van der Waals surface area (Å²) in [7, 11) is 0. The molecule has 0 bridgehead atoms. The van der Waals surface area contributed by atoms with Crippen LogP contribution in [0.5, 0.6) is 0 Å². The van der Waals surface area contributed by atoms with E-state index in [-0.39, 0.29) is 17.9 Å². The number of nitrogens with zero attached hydrogens (tertiary/aromatic N) is 1. The van der Waals surface area contributed by atoms with E-state index < -0.39 is 28.9 Å². The van der Waals surface area contributed by atoms with Crippen molar-refractivity contribution in [2.45, 2.75) is 71.5 Å². The molecule has 1 unspecified atom stereocenters. The Morgan fingerprint density at radius 3 is 2.53 bits per heavy atom. The van der Waals surface area contributed by atoms with Crippen molar-refractivity contribution >= 4 is 17.7 Å². The number of furan rings is 1. The Morgan fingerprint density at radius 1 is 1.22 bits per heavy atom. The van der Waals surface area contributed by atoms with E-state index in [0.29, 0.717) is 26.0 Å². The third-order valence-electron chi connectivity index (χ3n) is 5.39. The number of halogens is 3. The molecule has 2 rings (SSSR count). The molecule has 6 nitrogen and oxygen atoms in total. The minimum atomic E-state index is -4.66. The number of alkyl halides is 3. The second-order valence-corrected chi connectivity index (χ2v) is 8.51. The number of allylic oxidation sites excluding steroid dienone is 1. The van der Waals surface area contributed by atoms with E-state index in [1.54, 1.807) is 17.9 Å². The zero-order valence-corrected chi connectivity index (χ0v) is 18.7. The molecule has 32 heavy (non-hydrogen) atoms. The van der Waals surface area contributed by atoms with Crippen molar-refractivity contribution in [3.05, 3.63) is 35.8 Å². The van der Waals surface area contributed by atoms with Crippen molar-refractivity contribution in [2.24, 2.45) is 5.41 Å². The van der Waals surface area contributed by atoms with Crippen molar-refractivity contribution in [1.29, 1.82) is 0 Å². The number of ether oxygens (including phenoxy) is 1. The molecule has 1 aliphatic rings. The van der Waals surface area contributed by atoms with Gasteiger partial charge in [-0.1, -0.05) is 32.8 Å². The average Bonchev–Trinajstić information content (AvgIpc) is 3.28. The number of ketones is 1. The molecule has 1 fully saturated rings. The number of amides is 1. The summed E-state index contributed by atoms with van der Waals surface area (Å²) in [5, 5.41) is 0. The monoisotopic (exact) mass is 457 g/mol. The Morgan fingerprint density at radius 2 is 1.91 bits per heavy atom. The summed E-state index contributed by atoms with van der Waals surface area (Å²) >= 11 is 0. The molecule has 1 aliphatic heterocycles. The molecule has 0 aliphatic carbocycles. The van der Waals surface area contributed by atoms with Crippen LogP contribution in [0.2, 0.25) is 0 Å².